The molecule has 17 heavy (non-hydrogen) atoms. The number of carboxylic acid groups (broad SMARTS) is 1. The van der Waals surface area contributed by atoms with Gasteiger partial charge in [-0.3, -0.25) is 0 Å². The molecule has 4 atom stereocenters. The second kappa shape index (κ2) is 6.87. The van der Waals surface area contributed by atoms with Crippen molar-refractivity contribution in [2.45, 2.75) is 44.2 Å². The van der Waals surface area contributed by atoms with E-state index in [-0.39, 0.29) is 13.0 Å². The molecule has 0 aliphatic carbocycles. The van der Waals surface area contributed by atoms with Crippen LogP contribution in [-0.2, 0) is 9.53 Å². The normalized spacial score (nSPS) is 20.4. The SMILES string of the molecule is CCO[C@@](CC)(C(=O)O)[C@@H](O)[C@H](O)[C@H](O)CO. The molecule has 0 heterocycles. The van der Waals surface area contributed by atoms with Gasteiger partial charge >= 0.3 is 5.97 Å². The molecule has 5 N–H and O–H groups in total. The molecule has 0 aliphatic rings. The molecule has 0 bridgehead atoms. The van der Waals surface area contributed by atoms with Gasteiger partial charge in [0.05, 0.1) is 6.61 Å². The summed E-state index contributed by atoms with van der Waals surface area (Å²) >= 11 is 0. The highest BCUT2D eigenvalue weighted by Gasteiger charge is 2.49. The summed E-state index contributed by atoms with van der Waals surface area (Å²) < 4.78 is 5.02. The highest BCUT2D eigenvalue weighted by atomic mass is 16.5. The summed E-state index contributed by atoms with van der Waals surface area (Å²) in [5, 5.41) is 46.3. The number of aliphatic hydroxyl groups excluding tert-OH is 4. The minimum absolute atomic E-state index is 0.0269. The first-order valence-corrected chi connectivity index (χ1v) is 5.39. The lowest BCUT2D eigenvalue weighted by atomic mass is 9.87. The van der Waals surface area contributed by atoms with Gasteiger partial charge in [-0.05, 0) is 13.3 Å². The van der Waals surface area contributed by atoms with E-state index in [2.05, 4.69) is 0 Å². The molecule has 0 spiro atoms. The van der Waals surface area contributed by atoms with Gasteiger partial charge in [-0.1, -0.05) is 6.92 Å². The molecular weight excluding hydrogens is 232 g/mol. The molecule has 0 unspecified atom stereocenters. The average Bonchev–Trinajstić information content (AvgIpc) is 2.32. The van der Waals surface area contributed by atoms with Gasteiger partial charge in [0.25, 0.3) is 0 Å². The van der Waals surface area contributed by atoms with Crippen molar-refractivity contribution >= 4 is 5.97 Å². The van der Waals surface area contributed by atoms with Gasteiger partial charge in [0, 0.05) is 6.61 Å². The summed E-state index contributed by atoms with van der Waals surface area (Å²) in [6, 6.07) is 0. The molecule has 0 aliphatic heterocycles. The van der Waals surface area contributed by atoms with Crippen LogP contribution in [0.5, 0.6) is 0 Å². The molecule has 0 radical (unpaired) electrons. The molecule has 7 heteroatoms. The van der Waals surface area contributed by atoms with Gasteiger partial charge in [-0.2, -0.15) is 0 Å². The number of hydrogen-bond donors (Lipinski definition) is 5. The Morgan fingerprint density at radius 3 is 2.12 bits per heavy atom. The first-order valence-electron chi connectivity index (χ1n) is 5.39. The maximum Gasteiger partial charge on any atom is 0.338 e. The minimum Gasteiger partial charge on any atom is -0.479 e. The van der Waals surface area contributed by atoms with E-state index < -0.39 is 36.5 Å². The Balaban J connectivity index is 5.10. The zero-order valence-corrected chi connectivity index (χ0v) is 9.91. The maximum atomic E-state index is 11.2. The van der Waals surface area contributed by atoms with Crippen molar-refractivity contribution in [2.75, 3.05) is 13.2 Å². The second-order valence-corrected chi connectivity index (χ2v) is 3.67. The summed E-state index contributed by atoms with van der Waals surface area (Å²) in [5.74, 6) is -1.43. The highest BCUT2D eigenvalue weighted by Crippen LogP contribution is 2.25. The predicted molar refractivity (Wildman–Crippen MR) is 57.4 cm³/mol. The molecule has 0 amide bonds. The molecule has 7 nitrogen and oxygen atoms in total. The fourth-order valence-corrected chi connectivity index (χ4v) is 1.59. The number of aliphatic carboxylic acids is 1. The van der Waals surface area contributed by atoms with E-state index in [0.29, 0.717) is 0 Å². The fraction of sp³-hybridized carbons (Fsp3) is 0.900. The lowest BCUT2D eigenvalue weighted by molar-refractivity contribution is -0.204. The summed E-state index contributed by atoms with van der Waals surface area (Å²) in [7, 11) is 0. The average molecular weight is 252 g/mol. The Bertz CT molecular complexity index is 245. The summed E-state index contributed by atoms with van der Waals surface area (Å²) in [5.41, 5.74) is -2.00. The number of rotatable bonds is 8. The minimum atomic E-state index is -2.00. The van der Waals surface area contributed by atoms with Crippen LogP contribution in [0.4, 0.5) is 0 Å². The zero-order valence-electron chi connectivity index (χ0n) is 9.91. The van der Waals surface area contributed by atoms with E-state index in [1.54, 1.807) is 6.92 Å². The van der Waals surface area contributed by atoms with Crippen LogP contribution in [0, 0.1) is 0 Å². The number of hydrogen-bond acceptors (Lipinski definition) is 6. The Morgan fingerprint density at radius 2 is 1.82 bits per heavy atom. The van der Waals surface area contributed by atoms with Crippen molar-refractivity contribution in [3.8, 4) is 0 Å². The molecule has 0 aromatic rings. The highest BCUT2D eigenvalue weighted by molar-refractivity contribution is 5.78. The van der Waals surface area contributed by atoms with Gasteiger partial charge in [0.1, 0.15) is 18.3 Å². The fourth-order valence-electron chi connectivity index (χ4n) is 1.59. The lowest BCUT2D eigenvalue weighted by Gasteiger charge is -2.36. The third-order valence-electron chi connectivity index (χ3n) is 2.67. The third kappa shape index (κ3) is 3.36. The zero-order chi connectivity index (χ0) is 13.6. The van der Waals surface area contributed by atoms with Crippen molar-refractivity contribution in [3.05, 3.63) is 0 Å². The van der Waals surface area contributed by atoms with Crippen LogP contribution in [0.1, 0.15) is 20.3 Å². The molecule has 0 aromatic carbocycles. The molecular formula is C10H20O7. The third-order valence-corrected chi connectivity index (χ3v) is 2.67. The Hall–Kier alpha value is -0.730. The number of carboxylic acids is 1. The van der Waals surface area contributed by atoms with Crippen molar-refractivity contribution in [1.82, 2.24) is 0 Å². The molecule has 102 valence electrons. The second-order valence-electron chi connectivity index (χ2n) is 3.67. The van der Waals surface area contributed by atoms with E-state index in [0.717, 1.165) is 0 Å². The number of carbonyl (C=O) groups is 1. The van der Waals surface area contributed by atoms with Gasteiger partial charge < -0.3 is 30.3 Å². The van der Waals surface area contributed by atoms with Gasteiger partial charge in [-0.15, -0.1) is 0 Å². The van der Waals surface area contributed by atoms with E-state index in [1.807, 2.05) is 0 Å². The van der Waals surface area contributed by atoms with Gasteiger partial charge in [0.2, 0.25) is 0 Å². The van der Waals surface area contributed by atoms with Gasteiger partial charge in [-0.25, -0.2) is 4.79 Å². The molecule has 0 rings (SSSR count). The van der Waals surface area contributed by atoms with Crippen LogP contribution < -0.4 is 0 Å². The van der Waals surface area contributed by atoms with Gasteiger partial charge in [0.15, 0.2) is 5.60 Å². The number of ether oxygens (including phenoxy) is 1. The summed E-state index contributed by atoms with van der Waals surface area (Å²) in [4.78, 5) is 11.2. The van der Waals surface area contributed by atoms with Crippen molar-refractivity contribution in [3.63, 3.8) is 0 Å². The Labute approximate surface area is 99.3 Å². The summed E-state index contributed by atoms with van der Waals surface area (Å²) in [6.45, 7) is 2.27. The first kappa shape index (κ1) is 16.3. The lowest BCUT2D eigenvalue weighted by Crippen LogP contribution is -2.59. The van der Waals surface area contributed by atoms with Crippen LogP contribution in [0.15, 0.2) is 0 Å². The van der Waals surface area contributed by atoms with E-state index in [1.165, 1.54) is 6.92 Å². The van der Waals surface area contributed by atoms with E-state index in [9.17, 15) is 20.1 Å². The topological polar surface area (TPSA) is 127 Å². The molecule has 0 aromatic heterocycles. The Morgan fingerprint density at radius 1 is 1.29 bits per heavy atom. The molecule has 0 saturated heterocycles. The van der Waals surface area contributed by atoms with Crippen LogP contribution in [-0.4, -0.2) is 68.6 Å². The van der Waals surface area contributed by atoms with Crippen LogP contribution in [0.3, 0.4) is 0 Å². The predicted octanol–water partition coefficient (Wildman–Crippen LogP) is -1.67. The van der Waals surface area contributed by atoms with Crippen LogP contribution in [0.25, 0.3) is 0 Å². The van der Waals surface area contributed by atoms with E-state index >= 15 is 0 Å². The van der Waals surface area contributed by atoms with Crippen LogP contribution >= 0.6 is 0 Å². The van der Waals surface area contributed by atoms with Crippen LogP contribution in [0.2, 0.25) is 0 Å². The molecule has 0 saturated carbocycles. The summed E-state index contributed by atoms with van der Waals surface area (Å²) in [6.07, 6.45) is -5.36. The Kier molecular flexibility index (Phi) is 6.58. The van der Waals surface area contributed by atoms with Crippen molar-refractivity contribution < 1.29 is 35.1 Å². The van der Waals surface area contributed by atoms with Crippen molar-refractivity contribution in [2.24, 2.45) is 0 Å². The van der Waals surface area contributed by atoms with Crippen molar-refractivity contribution in [1.29, 1.82) is 0 Å². The number of aliphatic hydroxyl groups is 4. The molecule has 0 fully saturated rings. The largest absolute Gasteiger partial charge is 0.479 e. The quantitative estimate of drug-likeness (QED) is 0.349. The smallest absolute Gasteiger partial charge is 0.338 e. The maximum absolute atomic E-state index is 11.2. The van der Waals surface area contributed by atoms with E-state index in [4.69, 9.17) is 14.9 Å². The standard InChI is InChI=1S/C10H20O7/c1-3-10(9(15)16,17-4-2)8(14)7(13)6(12)5-11/h6-8,11-14H,3-5H2,1-2H3,(H,15,16)/t6-,7-,8+,10-/m1/s1. The first-order chi connectivity index (χ1) is 7.87. The monoisotopic (exact) mass is 252 g/mol.